The highest BCUT2D eigenvalue weighted by Gasteiger charge is 2.33. The van der Waals surface area contributed by atoms with Crippen molar-refractivity contribution in [3.05, 3.63) is 77.8 Å². The molecule has 7 nitrogen and oxygen atoms in total. The Morgan fingerprint density at radius 2 is 1.75 bits per heavy atom. The van der Waals surface area contributed by atoms with Crippen molar-refractivity contribution in [2.75, 3.05) is 31.1 Å². The first-order valence-electron chi connectivity index (χ1n) is 11.1. The molecule has 3 aliphatic heterocycles. The molecule has 1 saturated heterocycles. The number of amides is 1. The van der Waals surface area contributed by atoms with Crippen LogP contribution in [0.3, 0.4) is 0 Å². The smallest absolute Gasteiger partial charge is 0.219 e. The zero-order chi connectivity index (χ0) is 22.1. The third-order valence-electron chi connectivity index (χ3n) is 6.32. The van der Waals surface area contributed by atoms with Crippen LogP contribution in [-0.4, -0.2) is 58.9 Å². The highest BCUT2D eigenvalue weighted by molar-refractivity contribution is 6.00. The number of hydrogen-bond acceptors (Lipinski definition) is 6. The van der Waals surface area contributed by atoms with Crippen molar-refractivity contribution in [1.29, 1.82) is 0 Å². The number of benzene rings is 1. The molecule has 4 heterocycles. The van der Waals surface area contributed by atoms with Crippen LogP contribution in [0, 0.1) is 0 Å². The summed E-state index contributed by atoms with van der Waals surface area (Å²) in [4.78, 5) is 27.0. The SMILES string of the molecule is CC(=O)N1CCN(Cc2ccc(N3C(C)=NC4=CC=C(c5ccncc5)NC43)cc2)CC1. The molecule has 3 aliphatic rings. The molecule has 5 rings (SSSR count). The van der Waals surface area contributed by atoms with Gasteiger partial charge in [0, 0.05) is 69.0 Å². The molecule has 1 aromatic heterocycles. The number of fused-ring (bicyclic) bond motifs is 1. The summed E-state index contributed by atoms with van der Waals surface area (Å²) in [5, 5.41) is 3.64. The van der Waals surface area contributed by atoms with Crippen molar-refractivity contribution in [3.63, 3.8) is 0 Å². The number of aromatic nitrogens is 1. The van der Waals surface area contributed by atoms with Gasteiger partial charge in [-0.25, -0.2) is 4.99 Å². The molecule has 0 radical (unpaired) electrons. The van der Waals surface area contributed by atoms with E-state index in [0.717, 1.165) is 61.2 Å². The number of nitrogens with one attached hydrogen (secondary N) is 1. The molecule has 2 aromatic rings. The third-order valence-corrected chi connectivity index (χ3v) is 6.32. The molecule has 1 aromatic carbocycles. The van der Waals surface area contributed by atoms with Crippen LogP contribution in [0.5, 0.6) is 0 Å². The maximum Gasteiger partial charge on any atom is 0.219 e. The van der Waals surface area contributed by atoms with E-state index < -0.39 is 0 Å². The lowest BCUT2D eigenvalue weighted by Crippen LogP contribution is -2.47. The van der Waals surface area contributed by atoms with Crippen molar-refractivity contribution in [1.82, 2.24) is 20.1 Å². The average Bonchev–Trinajstić information content (AvgIpc) is 3.15. The van der Waals surface area contributed by atoms with Gasteiger partial charge in [-0.15, -0.1) is 0 Å². The summed E-state index contributed by atoms with van der Waals surface area (Å²) in [6.07, 6.45) is 7.77. The first kappa shape index (κ1) is 20.5. The van der Waals surface area contributed by atoms with Gasteiger partial charge in [0.15, 0.2) is 0 Å². The van der Waals surface area contributed by atoms with E-state index in [1.165, 1.54) is 5.56 Å². The molecule has 32 heavy (non-hydrogen) atoms. The highest BCUT2D eigenvalue weighted by Crippen LogP contribution is 2.31. The van der Waals surface area contributed by atoms with Crippen molar-refractivity contribution in [2.45, 2.75) is 26.6 Å². The van der Waals surface area contributed by atoms with Crippen molar-refractivity contribution < 1.29 is 4.79 Å². The standard InChI is InChI=1S/C25H28N6O/c1-18-27-24-8-7-23(21-9-11-26-12-10-21)28-25(24)31(18)22-5-3-20(4-6-22)17-29-13-15-30(16-14-29)19(2)32/h3-12,25,28H,13-17H2,1-2H3. The molecule has 0 aliphatic carbocycles. The molecular weight excluding hydrogens is 400 g/mol. The lowest BCUT2D eigenvalue weighted by atomic mass is 10.1. The number of anilines is 1. The number of dihydropyridines is 1. The zero-order valence-corrected chi connectivity index (χ0v) is 18.5. The van der Waals surface area contributed by atoms with Crippen LogP contribution in [0.15, 0.2) is 71.6 Å². The Balaban J connectivity index is 1.27. The second-order valence-corrected chi connectivity index (χ2v) is 8.43. The average molecular weight is 429 g/mol. The van der Waals surface area contributed by atoms with Gasteiger partial charge in [-0.1, -0.05) is 12.1 Å². The van der Waals surface area contributed by atoms with Crippen LogP contribution in [0.25, 0.3) is 5.70 Å². The van der Waals surface area contributed by atoms with Crippen LogP contribution in [0.4, 0.5) is 5.69 Å². The summed E-state index contributed by atoms with van der Waals surface area (Å²) < 4.78 is 0. The number of carbonyl (C=O) groups is 1. The topological polar surface area (TPSA) is 64.1 Å². The minimum atomic E-state index is -0.0197. The Morgan fingerprint density at radius 1 is 1.03 bits per heavy atom. The van der Waals surface area contributed by atoms with Crippen molar-refractivity contribution >= 4 is 23.1 Å². The summed E-state index contributed by atoms with van der Waals surface area (Å²) in [6.45, 7) is 8.07. The van der Waals surface area contributed by atoms with Crippen LogP contribution in [-0.2, 0) is 11.3 Å². The van der Waals surface area contributed by atoms with Crippen LogP contribution >= 0.6 is 0 Å². The van der Waals surface area contributed by atoms with Crippen LogP contribution in [0.1, 0.15) is 25.0 Å². The number of rotatable bonds is 4. The van der Waals surface area contributed by atoms with Gasteiger partial charge in [0.1, 0.15) is 12.0 Å². The number of pyridine rings is 1. The monoisotopic (exact) mass is 428 g/mol. The number of piperazine rings is 1. The molecule has 1 fully saturated rings. The van der Waals surface area contributed by atoms with Gasteiger partial charge in [0.25, 0.3) is 0 Å². The molecule has 1 atom stereocenters. The van der Waals surface area contributed by atoms with E-state index in [1.807, 2.05) is 29.4 Å². The Labute approximate surface area is 188 Å². The van der Waals surface area contributed by atoms with Gasteiger partial charge < -0.3 is 15.1 Å². The summed E-state index contributed by atoms with van der Waals surface area (Å²) >= 11 is 0. The lowest BCUT2D eigenvalue weighted by Gasteiger charge is -2.34. The quantitative estimate of drug-likeness (QED) is 0.811. The zero-order valence-electron chi connectivity index (χ0n) is 18.5. The fourth-order valence-electron chi connectivity index (χ4n) is 4.54. The van der Waals surface area contributed by atoms with Gasteiger partial charge in [-0.05, 0) is 48.9 Å². The largest absolute Gasteiger partial charge is 0.359 e. The molecule has 1 amide bonds. The Morgan fingerprint density at radius 3 is 2.44 bits per heavy atom. The van der Waals surface area contributed by atoms with E-state index in [1.54, 1.807) is 6.92 Å². The Hall–Kier alpha value is -3.45. The predicted molar refractivity (Wildman–Crippen MR) is 127 cm³/mol. The van der Waals surface area contributed by atoms with Crippen LogP contribution in [0.2, 0.25) is 0 Å². The van der Waals surface area contributed by atoms with Gasteiger partial charge in [0.05, 0.1) is 5.70 Å². The van der Waals surface area contributed by atoms with Gasteiger partial charge in [-0.2, -0.15) is 0 Å². The van der Waals surface area contributed by atoms with Gasteiger partial charge in [0.2, 0.25) is 5.91 Å². The molecule has 1 N–H and O–H groups in total. The van der Waals surface area contributed by atoms with E-state index in [0.29, 0.717) is 0 Å². The highest BCUT2D eigenvalue weighted by atomic mass is 16.2. The number of carbonyl (C=O) groups excluding carboxylic acids is 1. The second-order valence-electron chi connectivity index (χ2n) is 8.43. The van der Waals surface area contributed by atoms with E-state index in [9.17, 15) is 4.79 Å². The molecule has 0 spiro atoms. The van der Waals surface area contributed by atoms with Crippen molar-refractivity contribution in [3.8, 4) is 0 Å². The summed E-state index contributed by atoms with van der Waals surface area (Å²) in [5.41, 5.74) is 5.60. The maximum absolute atomic E-state index is 11.5. The number of allylic oxidation sites excluding steroid dienone is 2. The number of aliphatic imine (C=N–C) groups is 1. The summed E-state index contributed by atoms with van der Waals surface area (Å²) in [6, 6.07) is 12.8. The van der Waals surface area contributed by atoms with Gasteiger partial charge in [-0.3, -0.25) is 14.7 Å². The fraction of sp³-hybridized carbons (Fsp3) is 0.320. The molecule has 1 unspecified atom stereocenters. The number of hydrogen-bond donors (Lipinski definition) is 1. The fourth-order valence-corrected chi connectivity index (χ4v) is 4.54. The predicted octanol–water partition coefficient (Wildman–Crippen LogP) is 2.84. The molecule has 0 bridgehead atoms. The molecule has 7 heteroatoms. The second kappa shape index (κ2) is 8.59. The van der Waals surface area contributed by atoms with E-state index in [4.69, 9.17) is 4.99 Å². The minimum absolute atomic E-state index is 0.0197. The minimum Gasteiger partial charge on any atom is -0.359 e. The molecule has 0 saturated carbocycles. The summed E-state index contributed by atoms with van der Waals surface area (Å²) in [7, 11) is 0. The van der Waals surface area contributed by atoms with E-state index in [-0.39, 0.29) is 12.1 Å². The number of amidine groups is 1. The number of nitrogens with zero attached hydrogens (tertiary/aromatic N) is 5. The first-order valence-corrected chi connectivity index (χ1v) is 11.1. The Kier molecular flexibility index (Phi) is 5.49. The summed E-state index contributed by atoms with van der Waals surface area (Å²) in [5.74, 6) is 1.15. The molecular formula is C25H28N6O. The maximum atomic E-state index is 11.5. The normalized spacial score (nSPS) is 20.8. The lowest BCUT2D eigenvalue weighted by molar-refractivity contribution is -0.130. The molecule has 164 valence electrons. The van der Waals surface area contributed by atoms with Crippen LogP contribution < -0.4 is 10.2 Å². The third kappa shape index (κ3) is 4.03. The first-order chi connectivity index (χ1) is 15.6. The van der Waals surface area contributed by atoms with E-state index in [2.05, 4.69) is 63.4 Å². The van der Waals surface area contributed by atoms with E-state index >= 15 is 0 Å². The Bertz CT molecular complexity index is 1080. The van der Waals surface area contributed by atoms with Crippen molar-refractivity contribution in [2.24, 2.45) is 4.99 Å². The van der Waals surface area contributed by atoms with Gasteiger partial charge >= 0.3 is 0 Å².